The Bertz CT molecular complexity index is 912. The fraction of sp³-hybridized carbons (Fsp3) is 0.917. The highest BCUT2D eigenvalue weighted by Crippen LogP contribution is 2.64. The van der Waals surface area contributed by atoms with Crippen LogP contribution in [0.4, 0.5) is 74.6 Å². The average molecular weight is 584 g/mol. The maximum atomic E-state index is 13.9. The third-order valence-electron chi connectivity index (χ3n) is 4.04. The van der Waals surface area contributed by atoms with Crippen LogP contribution in [0.3, 0.4) is 0 Å². The molecule has 0 aliphatic rings. The first-order valence-electron chi connectivity index (χ1n) is 7.87. The van der Waals surface area contributed by atoms with Gasteiger partial charge in [0, 0.05) is 6.54 Å². The molecular weight excluding hydrogens is 575 g/mol. The second-order valence-electron chi connectivity index (χ2n) is 6.36. The second-order valence-corrected chi connectivity index (χ2v) is 8.34. The van der Waals surface area contributed by atoms with E-state index in [0.29, 0.717) is 6.92 Å². The molecule has 0 aromatic carbocycles. The number of sulfonamides is 1. The summed E-state index contributed by atoms with van der Waals surface area (Å²) in [6, 6.07) is 0. The second kappa shape index (κ2) is 8.64. The number of rotatable bonds is 11. The van der Waals surface area contributed by atoms with Gasteiger partial charge in [0.2, 0.25) is 5.91 Å². The summed E-state index contributed by atoms with van der Waals surface area (Å²) in [5.41, 5.74) is 4.36. The van der Waals surface area contributed by atoms with Crippen LogP contribution in [0.25, 0.3) is 0 Å². The molecule has 0 bridgehead atoms. The van der Waals surface area contributed by atoms with E-state index in [9.17, 15) is 87.8 Å². The Morgan fingerprint density at radius 1 is 0.629 bits per heavy atom. The first-order chi connectivity index (χ1) is 14.9. The number of hydrogen-bond donors (Lipinski definition) is 1. The Morgan fingerprint density at radius 2 is 0.914 bits per heavy atom. The Labute approximate surface area is 182 Å². The number of hydrogen-bond acceptors (Lipinski definition) is 3. The highest BCUT2D eigenvalue weighted by Gasteiger charge is 2.96. The van der Waals surface area contributed by atoms with Crippen LogP contribution in [-0.4, -0.2) is 78.7 Å². The molecule has 0 radical (unpaired) electrons. The van der Waals surface area contributed by atoms with Crippen LogP contribution < -0.4 is 5.73 Å². The normalized spacial score (nSPS) is 16.1. The molecule has 0 aromatic rings. The summed E-state index contributed by atoms with van der Waals surface area (Å²) >= 11 is 0. The van der Waals surface area contributed by atoms with E-state index in [-0.39, 0.29) is 0 Å². The zero-order valence-corrected chi connectivity index (χ0v) is 16.8. The smallest absolute Gasteiger partial charge is 0.369 e. The van der Waals surface area contributed by atoms with Gasteiger partial charge in [0.15, 0.2) is 0 Å². The molecule has 5 nitrogen and oxygen atoms in total. The van der Waals surface area contributed by atoms with E-state index in [1.54, 1.807) is 0 Å². The van der Waals surface area contributed by atoms with Gasteiger partial charge in [-0.2, -0.15) is 78.9 Å². The SMILES string of the molecule is CCN(CC(N)=O)S(=O)(=O)C(F)(F)C(F)(F)C(F)(F)C(F)(F)C(F)(F)C(F)(F)C(F)(F)C(F)(F)F. The summed E-state index contributed by atoms with van der Waals surface area (Å²) in [5.74, 6) is -54.0. The molecule has 0 aliphatic heterocycles. The van der Waals surface area contributed by atoms with Crippen LogP contribution in [-0.2, 0) is 14.8 Å². The summed E-state index contributed by atoms with van der Waals surface area (Å²) < 4.78 is 246. The molecule has 0 aromatic heterocycles. The Hall–Kier alpha value is -1.81. The predicted molar refractivity (Wildman–Crippen MR) is 76.0 cm³/mol. The lowest BCUT2D eigenvalue weighted by molar-refractivity contribution is -0.458. The number of halogens is 17. The highest BCUT2D eigenvalue weighted by atomic mass is 32.2. The first kappa shape index (κ1) is 33.2. The van der Waals surface area contributed by atoms with Gasteiger partial charge in [-0.05, 0) is 0 Å². The lowest BCUT2D eigenvalue weighted by Crippen LogP contribution is -2.75. The zero-order chi connectivity index (χ0) is 29.1. The van der Waals surface area contributed by atoms with Gasteiger partial charge in [0.05, 0.1) is 6.54 Å². The van der Waals surface area contributed by atoms with Gasteiger partial charge >= 0.3 is 47.0 Å². The van der Waals surface area contributed by atoms with Gasteiger partial charge in [0.25, 0.3) is 10.0 Å². The number of carbonyl (C=O) groups is 1. The maximum absolute atomic E-state index is 13.9. The molecule has 0 heterocycles. The molecule has 2 N–H and O–H groups in total. The van der Waals surface area contributed by atoms with Crippen LogP contribution in [0.1, 0.15) is 6.92 Å². The molecule has 0 saturated carbocycles. The van der Waals surface area contributed by atoms with Crippen molar-refractivity contribution in [3.63, 3.8) is 0 Å². The Balaban J connectivity index is 7.05. The van der Waals surface area contributed by atoms with E-state index in [1.165, 1.54) is 0 Å². The van der Waals surface area contributed by atoms with Gasteiger partial charge < -0.3 is 5.73 Å². The molecular formula is C12H9F17N2O3S. The van der Waals surface area contributed by atoms with Gasteiger partial charge in [-0.1, -0.05) is 6.92 Å². The molecule has 0 spiro atoms. The molecule has 35 heavy (non-hydrogen) atoms. The molecule has 0 saturated heterocycles. The molecule has 0 aliphatic carbocycles. The van der Waals surface area contributed by atoms with Crippen LogP contribution >= 0.6 is 0 Å². The molecule has 0 unspecified atom stereocenters. The monoisotopic (exact) mass is 584 g/mol. The van der Waals surface area contributed by atoms with Crippen LogP contribution in [0.15, 0.2) is 0 Å². The van der Waals surface area contributed by atoms with E-state index < -0.39 is 80.3 Å². The van der Waals surface area contributed by atoms with E-state index in [1.807, 2.05) is 0 Å². The number of carbonyl (C=O) groups excluding carboxylic acids is 1. The molecule has 0 atom stereocenters. The van der Waals surface area contributed by atoms with Gasteiger partial charge in [-0.3, -0.25) is 4.79 Å². The minimum absolute atomic E-state index is 0.426. The van der Waals surface area contributed by atoms with Crippen LogP contribution in [0, 0.1) is 0 Å². The fourth-order valence-electron chi connectivity index (χ4n) is 2.01. The van der Waals surface area contributed by atoms with E-state index in [0.717, 1.165) is 0 Å². The predicted octanol–water partition coefficient (Wildman–Crippen LogP) is 4.09. The molecule has 1 amide bonds. The minimum atomic E-state index is -8.92. The Kier molecular flexibility index (Phi) is 8.20. The van der Waals surface area contributed by atoms with Gasteiger partial charge in [-0.25, -0.2) is 8.42 Å². The molecule has 0 fully saturated rings. The quantitative estimate of drug-likeness (QED) is 0.372. The minimum Gasteiger partial charge on any atom is -0.369 e. The summed E-state index contributed by atoms with van der Waals surface area (Å²) in [4.78, 5) is 10.6. The third kappa shape index (κ3) is 4.34. The average Bonchev–Trinajstić information content (AvgIpc) is 2.63. The number of nitrogens with zero attached hydrogens (tertiary/aromatic N) is 1. The number of amides is 1. The lowest BCUT2D eigenvalue weighted by Gasteiger charge is -2.42. The van der Waals surface area contributed by atoms with Crippen LogP contribution in [0.5, 0.6) is 0 Å². The van der Waals surface area contributed by atoms with Crippen molar-refractivity contribution in [3.05, 3.63) is 0 Å². The topological polar surface area (TPSA) is 80.5 Å². The molecule has 210 valence electrons. The Morgan fingerprint density at radius 3 is 1.17 bits per heavy atom. The van der Waals surface area contributed by atoms with Crippen molar-refractivity contribution in [3.8, 4) is 0 Å². The lowest BCUT2D eigenvalue weighted by atomic mass is 9.91. The van der Waals surface area contributed by atoms with Gasteiger partial charge in [-0.15, -0.1) is 0 Å². The number of alkyl halides is 17. The van der Waals surface area contributed by atoms with Crippen molar-refractivity contribution in [2.24, 2.45) is 5.73 Å². The largest absolute Gasteiger partial charge is 0.460 e. The first-order valence-corrected chi connectivity index (χ1v) is 9.31. The van der Waals surface area contributed by atoms with E-state index in [4.69, 9.17) is 0 Å². The van der Waals surface area contributed by atoms with E-state index >= 15 is 0 Å². The summed E-state index contributed by atoms with van der Waals surface area (Å²) in [6.45, 7) is -3.15. The van der Waals surface area contributed by atoms with Crippen molar-refractivity contribution in [1.82, 2.24) is 4.31 Å². The molecule has 23 heteroatoms. The summed E-state index contributed by atoms with van der Waals surface area (Å²) in [6.07, 6.45) is -7.91. The van der Waals surface area contributed by atoms with Crippen molar-refractivity contribution in [2.75, 3.05) is 13.1 Å². The fourth-order valence-corrected chi connectivity index (χ4v) is 3.43. The third-order valence-corrected chi connectivity index (χ3v) is 6.01. The number of primary amides is 1. The maximum Gasteiger partial charge on any atom is 0.460 e. The van der Waals surface area contributed by atoms with Crippen molar-refractivity contribution in [1.29, 1.82) is 0 Å². The molecule has 0 rings (SSSR count). The van der Waals surface area contributed by atoms with Crippen molar-refractivity contribution in [2.45, 2.75) is 53.9 Å². The van der Waals surface area contributed by atoms with Crippen molar-refractivity contribution >= 4 is 15.9 Å². The zero-order valence-electron chi connectivity index (χ0n) is 16.0. The number of likely N-dealkylation sites (N-methyl/N-ethyl adjacent to an activating group) is 1. The van der Waals surface area contributed by atoms with E-state index in [2.05, 4.69) is 5.73 Å². The summed E-state index contributed by atoms with van der Waals surface area (Å²) in [5, 5.41) is -7.71. The van der Waals surface area contributed by atoms with Crippen LogP contribution in [0.2, 0.25) is 0 Å². The highest BCUT2D eigenvalue weighted by molar-refractivity contribution is 7.90. The van der Waals surface area contributed by atoms with Gasteiger partial charge in [0.1, 0.15) is 0 Å². The van der Waals surface area contributed by atoms with Crippen molar-refractivity contribution < 1.29 is 87.8 Å². The summed E-state index contributed by atoms with van der Waals surface area (Å²) in [7, 11) is -7.50. The standard InChI is InChI=1S/C12H9F17N2O3S/c1-2-31(3-4(30)32)35(33,34)12(28,29)10(23,24)8(19,20)6(15,16)5(13,14)7(17,18)9(21,22)11(25,26)27/h2-3H2,1H3,(H2,30,32). The number of nitrogens with two attached hydrogens (primary N) is 1.